The van der Waals surface area contributed by atoms with E-state index in [1.807, 2.05) is 0 Å². The first-order chi connectivity index (χ1) is 9.19. The van der Waals surface area contributed by atoms with Crippen LogP contribution in [-0.4, -0.2) is 48.4 Å². The van der Waals surface area contributed by atoms with E-state index in [1.165, 1.54) is 38.5 Å². The summed E-state index contributed by atoms with van der Waals surface area (Å²) in [6.07, 6.45) is 7.62. The zero-order valence-electron chi connectivity index (χ0n) is 12.7. The van der Waals surface area contributed by atoms with Gasteiger partial charge in [-0.25, -0.2) is 0 Å². The summed E-state index contributed by atoms with van der Waals surface area (Å²) in [7, 11) is 0. The number of likely N-dealkylation sites (tertiary alicyclic amines) is 2. The SMILES string of the molecule is CCCC1CCN(CC(=O)N2CCC(C)CC2)CC1. The van der Waals surface area contributed by atoms with Crippen molar-refractivity contribution in [3.8, 4) is 0 Å². The smallest absolute Gasteiger partial charge is 0.236 e. The molecular weight excluding hydrogens is 236 g/mol. The second-order valence-electron chi connectivity index (χ2n) is 6.57. The molecule has 0 spiro atoms. The summed E-state index contributed by atoms with van der Waals surface area (Å²) in [5.74, 6) is 2.07. The van der Waals surface area contributed by atoms with Gasteiger partial charge in [-0.15, -0.1) is 0 Å². The minimum absolute atomic E-state index is 0.362. The Labute approximate surface area is 118 Å². The molecule has 0 N–H and O–H groups in total. The first-order valence-electron chi connectivity index (χ1n) is 8.19. The normalized spacial score (nSPS) is 23.8. The van der Waals surface area contributed by atoms with E-state index in [9.17, 15) is 4.79 Å². The van der Waals surface area contributed by atoms with Crippen molar-refractivity contribution >= 4 is 5.91 Å². The van der Waals surface area contributed by atoms with Crippen molar-refractivity contribution in [2.24, 2.45) is 11.8 Å². The van der Waals surface area contributed by atoms with Gasteiger partial charge in [0.15, 0.2) is 0 Å². The van der Waals surface area contributed by atoms with Crippen LogP contribution in [0.5, 0.6) is 0 Å². The number of hydrogen-bond acceptors (Lipinski definition) is 2. The predicted molar refractivity (Wildman–Crippen MR) is 79.1 cm³/mol. The zero-order chi connectivity index (χ0) is 13.7. The molecule has 0 aromatic carbocycles. The fraction of sp³-hybridized carbons (Fsp3) is 0.938. The molecule has 2 fully saturated rings. The molecule has 0 radical (unpaired) electrons. The summed E-state index contributed by atoms with van der Waals surface area (Å²) in [5.41, 5.74) is 0. The van der Waals surface area contributed by atoms with Crippen molar-refractivity contribution in [1.82, 2.24) is 9.80 Å². The Morgan fingerprint density at radius 3 is 2.26 bits per heavy atom. The topological polar surface area (TPSA) is 23.6 Å². The van der Waals surface area contributed by atoms with Crippen LogP contribution in [0.2, 0.25) is 0 Å². The van der Waals surface area contributed by atoms with E-state index < -0.39 is 0 Å². The van der Waals surface area contributed by atoms with Gasteiger partial charge in [0.25, 0.3) is 0 Å². The van der Waals surface area contributed by atoms with E-state index in [1.54, 1.807) is 0 Å². The number of carbonyl (C=O) groups is 1. The van der Waals surface area contributed by atoms with Crippen molar-refractivity contribution in [2.45, 2.75) is 52.4 Å². The molecule has 1 amide bonds. The van der Waals surface area contributed by atoms with Crippen LogP contribution in [0.1, 0.15) is 52.4 Å². The predicted octanol–water partition coefficient (Wildman–Crippen LogP) is 2.76. The largest absolute Gasteiger partial charge is 0.342 e. The summed E-state index contributed by atoms with van der Waals surface area (Å²) in [6, 6.07) is 0. The molecule has 19 heavy (non-hydrogen) atoms. The molecule has 0 saturated carbocycles. The molecule has 0 bridgehead atoms. The molecule has 2 saturated heterocycles. The molecule has 3 heteroatoms. The van der Waals surface area contributed by atoms with Gasteiger partial charge in [-0.1, -0.05) is 26.7 Å². The third-order valence-corrected chi connectivity index (χ3v) is 4.90. The fourth-order valence-corrected chi connectivity index (χ4v) is 3.39. The molecule has 110 valence electrons. The van der Waals surface area contributed by atoms with Gasteiger partial charge in [-0.05, 0) is 50.6 Å². The number of nitrogens with zero attached hydrogens (tertiary/aromatic N) is 2. The van der Waals surface area contributed by atoms with E-state index in [4.69, 9.17) is 0 Å². The molecule has 0 aromatic rings. The maximum atomic E-state index is 12.3. The Bertz CT molecular complexity index is 276. The summed E-state index contributed by atoms with van der Waals surface area (Å²) in [6.45, 7) is 9.43. The highest BCUT2D eigenvalue weighted by molar-refractivity contribution is 5.78. The molecule has 3 nitrogen and oxygen atoms in total. The monoisotopic (exact) mass is 266 g/mol. The van der Waals surface area contributed by atoms with Gasteiger partial charge in [0.05, 0.1) is 6.54 Å². The molecule has 0 atom stereocenters. The molecule has 2 aliphatic rings. The van der Waals surface area contributed by atoms with Crippen LogP contribution < -0.4 is 0 Å². The third kappa shape index (κ3) is 4.48. The van der Waals surface area contributed by atoms with Crippen LogP contribution >= 0.6 is 0 Å². The maximum absolute atomic E-state index is 12.3. The number of amides is 1. The third-order valence-electron chi connectivity index (χ3n) is 4.90. The molecule has 2 aliphatic heterocycles. The highest BCUT2D eigenvalue weighted by Crippen LogP contribution is 2.22. The van der Waals surface area contributed by atoms with Gasteiger partial charge in [0.1, 0.15) is 0 Å². The summed E-state index contributed by atoms with van der Waals surface area (Å²) in [5, 5.41) is 0. The second kappa shape index (κ2) is 7.28. The van der Waals surface area contributed by atoms with E-state index in [2.05, 4.69) is 23.6 Å². The van der Waals surface area contributed by atoms with Gasteiger partial charge in [0, 0.05) is 13.1 Å². The van der Waals surface area contributed by atoms with Crippen LogP contribution in [0, 0.1) is 11.8 Å². The minimum Gasteiger partial charge on any atom is -0.342 e. The first-order valence-corrected chi connectivity index (χ1v) is 8.19. The fourth-order valence-electron chi connectivity index (χ4n) is 3.39. The molecular formula is C16H30N2O. The van der Waals surface area contributed by atoms with Crippen LogP contribution in [-0.2, 0) is 4.79 Å². The Kier molecular flexibility index (Phi) is 5.68. The van der Waals surface area contributed by atoms with Crippen LogP contribution in [0.4, 0.5) is 0 Å². The average molecular weight is 266 g/mol. The molecule has 2 heterocycles. The van der Waals surface area contributed by atoms with Crippen molar-refractivity contribution in [1.29, 1.82) is 0 Å². The van der Waals surface area contributed by atoms with Crippen molar-refractivity contribution in [2.75, 3.05) is 32.7 Å². The highest BCUT2D eigenvalue weighted by atomic mass is 16.2. The summed E-state index contributed by atoms with van der Waals surface area (Å²) < 4.78 is 0. The van der Waals surface area contributed by atoms with Crippen molar-refractivity contribution < 1.29 is 4.79 Å². The van der Waals surface area contributed by atoms with E-state index in [0.717, 1.165) is 38.0 Å². The lowest BCUT2D eigenvalue weighted by Gasteiger charge is -2.35. The second-order valence-corrected chi connectivity index (χ2v) is 6.57. The van der Waals surface area contributed by atoms with Gasteiger partial charge in [-0.3, -0.25) is 9.69 Å². The Hall–Kier alpha value is -0.570. The lowest BCUT2D eigenvalue weighted by Crippen LogP contribution is -2.45. The van der Waals surface area contributed by atoms with Gasteiger partial charge < -0.3 is 4.90 Å². The number of piperidine rings is 2. The lowest BCUT2D eigenvalue weighted by atomic mass is 9.92. The van der Waals surface area contributed by atoms with Crippen molar-refractivity contribution in [3.63, 3.8) is 0 Å². The average Bonchev–Trinajstić information content (AvgIpc) is 2.42. The van der Waals surface area contributed by atoms with Gasteiger partial charge in [-0.2, -0.15) is 0 Å². The lowest BCUT2D eigenvalue weighted by molar-refractivity contribution is -0.134. The minimum atomic E-state index is 0.362. The van der Waals surface area contributed by atoms with Crippen LogP contribution in [0.3, 0.4) is 0 Å². The zero-order valence-corrected chi connectivity index (χ0v) is 12.7. The summed E-state index contributed by atoms with van der Waals surface area (Å²) in [4.78, 5) is 16.7. The number of hydrogen-bond donors (Lipinski definition) is 0. The van der Waals surface area contributed by atoms with E-state index >= 15 is 0 Å². The maximum Gasteiger partial charge on any atom is 0.236 e. The summed E-state index contributed by atoms with van der Waals surface area (Å²) >= 11 is 0. The van der Waals surface area contributed by atoms with Gasteiger partial charge in [0.2, 0.25) is 5.91 Å². The Morgan fingerprint density at radius 1 is 1.05 bits per heavy atom. The standard InChI is InChI=1S/C16H30N2O/c1-3-4-15-7-9-17(10-8-15)13-16(19)18-11-5-14(2)6-12-18/h14-15H,3-13H2,1-2H3. The highest BCUT2D eigenvalue weighted by Gasteiger charge is 2.24. The van der Waals surface area contributed by atoms with E-state index in [-0.39, 0.29) is 0 Å². The van der Waals surface area contributed by atoms with Gasteiger partial charge >= 0.3 is 0 Å². The van der Waals surface area contributed by atoms with Crippen LogP contribution in [0.15, 0.2) is 0 Å². The Morgan fingerprint density at radius 2 is 1.68 bits per heavy atom. The number of carbonyl (C=O) groups excluding carboxylic acids is 1. The quantitative estimate of drug-likeness (QED) is 0.781. The van der Waals surface area contributed by atoms with Crippen LogP contribution in [0.25, 0.3) is 0 Å². The first kappa shape index (κ1) is 14.8. The molecule has 0 aliphatic carbocycles. The Balaban J connectivity index is 1.69. The molecule has 0 unspecified atom stereocenters. The number of rotatable bonds is 4. The molecule has 2 rings (SSSR count). The van der Waals surface area contributed by atoms with Crippen molar-refractivity contribution in [3.05, 3.63) is 0 Å². The van der Waals surface area contributed by atoms with E-state index in [0.29, 0.717) is 12.5 Å². The molecule has 0 aromatic heterocycles.